The van der Waals surface area contributed by atoms with Crippen LogP contribution in [0.1, 0.15) is 29.7 Å². The SMILES string of the molecule is CCc1nnc(Cc2c[nH]c3ncc(C)cc23)n1C. The molecule has 0 saturated heterocycles. The number of pyridine rings is 1. The Kier molecular flexibility index (Phi) is 2.81. The lowest BCUT2D eigenvalue weighted by Gasteiger charge is -2.02. The summed E-state index contributed by atoms with van der Waals surface area (Å²) in [4.78, 5) is 7.60. The molecule has 0 saturated carbocycles. The minimum Gasteiger partial charge on any atom is -0.346 e. The molecule has 0 unspecified atom stereocenters. The van der Waals surface area contributed by atoms with Crippen LogP contribution in [0.2, 0.25) is 0 Å². The summed E-state index contributed by atoms with van der Waals surface area (Å²) in [5.41, 5.74) is 3.31. The van der Waals surface area contributed by atoms with Crippen LogP contribution in [0.25, 0.3) is 11.0 Å². The van der Waals surface area contributed by atoms with Crippen molar-refractivity contribution >= 4 is 11.0 Å². The maximum absolute atomic E-state index is 4.39. The first-order valence-electron chi connectivity index (χ1n) is 6.48. The highest BCUT2D eigenvalue weighted by Crippen LogP contribution is 2.20. The summed E-state index contributed by atoms with van der Waals surface area (Å²) in [6.07, 6.45) is 5.56. The van der Waals surface area contributed by atoms with Crippen LogP contribution >= 0.6 is 0 Å². The Morgan fingerprint density at radius 3 is 2.79 bits per heavy atom. The van der Waals surface area contributed by atoms with Crippen LogP contribution in [0.3, 0.4) is 0 Å². The molecule has 0 aliphatic rings. The third kappa shape index (κ3) is 2.01. The van der Waals surface area contributed by atoms with E-state index < -0.39 is 0 Å². The molecule has 1 N–H and O–H groups in total. The Bertz CT molecular complexity index is 723. The molecule has 0 bridgehead atoms. The minimum atomic E-state index is 0.772. The lowest BCUT2D eigenvalue weighted by Crippen LogP contribution is -2.02. The highest BCUT2D eigenvalue weighted by atomic mass is 15.3. The smallest absolute Gasteiger partial charge is 0.137 e. The zero-order valence-electron chi connectivity index (χ0n) is 11.4. The number of nitrogens with one attached hydrogen (secondary N) is 1. The molecule has 0 aromatic carbocycles. The molecule has 0 amide bonds. The van der Waals surface area contributed by atoms with E-state index >= 15 is 0 Å². The minimum absolute atomic E-state index is 0.772. The topological polar surface area (TPSA) is 59.4 Å². The van der Waals surface area contributed by atoms with Gasteiger partial charge in [-0.15, -0.1) is 10.2 Å². The Morgan fingerprint density at radius 1 is 1.26 bits per heavy atom. The van der Waals surface area contributed by atoms with Gasteiger partial charge in [0.25, 0.3) is 0 Å². The van der Waals surface area contributed by atoms with E-state index in [0.29, 0.717) is 0 Å². The molecule has 0 aliphatic heterocycles. The average molecular weight is 255 g/mol. The number of nitrogens with zero attached hydrogens (tertiary/aromatic N) is 4. The number of aromatic nitrogens is 5. The van der Waals surface area contributed by atoms with Gasteiger partial charge in [0.05, 0.1) is 0 Å². The van der Waals surface area contributed by atoms with E-state index in [2.05, 4.69) is 44.6 Å². The van der Waals surface area contributed by atoms with Crippen LogP contribution in [0.4, 0.5) is 0 Å². The molecule has 0 fully saturated rings. The lowest BCUT2D eigenvalue weighted by molar-refractivity contribution is 0.768. The number of aromatic amines is 1. The van der Waals surface area contributed by atoms with Gasteiger partial charge in [-0.1, -0.05) is 6.92 Å². The molecule has 0 radical (unpaired) electrons. The normalized spacial score (nSPS) is 11.3. The molecule has 5 heteroatoms. The van der Waals surface area contributed by atoms with Crippen molar-refractivity contribution in [3.63, 3.8) is 0 Å². The van der Waals surface area contributed by atoms with Crippen LogP contribution in [0, 0.1) is 6.92 Å². The van der Waals surface area contributed by atoms with E-state index in [-0.39, 0.29) is 0 Å². The Labute approximate surface area is 111 Å². The fraction of sp³-hybridized carbons (Fsp3) is 0.357. The van der Waals surface area contributed by atoms with Gasteiger partial charge >= 0.3 is 0 Å². The predicted octanol–water partition coefficient (Wildman–Crippen LogP) is 2.15. The van der Waals surface area contributed by atoms with Crippen molar-refractivity contribution in [2.75, 3.05) is 0 Å². The number of H-pyrrole nitrogens is 1. The van der Waals surface area contributed by atoms with Gasteiger partial charge < -0.3 is 9.55 Å². The second-order valence-corrected chi connectivity index (χ2v) is 4.84. The van der Waals surface area contributed by atoms with Gasteiger partial charge in [-0.2, -0.15) is 0 Å². The molecular formula is C14H17N5. The number of aryl methyl sites for hydroxylation is 2. The first-order chi connectivity index (χ1) is 9.19. The Hall–Kier alpha value is -2.17. The zero-order chi connectivity index (χ0) is 13.4. The molecule has 5 nitrogen and oxygen atoms in total. The lowest BCUT2D eigenvalue weighted by atomic mass is 10.1. The largest absolute Gasteiger partial charge is 0.346 e. The first-order valence-corrected chi connectivity index (χ1v) is 6.48. The van der Waals surface area contributed by atoms with E-state index in [1.807, 2.05) is 19.4 Å². The average Bonchev–Trinajstić information content (AvgIpc) is 2.95. The summed E-state index contributed by atoms with van der Waals surface area (Å²) in [7, 11) is 2.02. The van der Waals surface area contributed by atoms with Crippen molar-refractivity contribution in [2.45, 2.75) is 26.7 Å². The van der Waals surface area contributed by atoms with Gasteiger partial charge in [0.2, 0.25) is 0 Å². The molecular weight excluding hydrogens is 238 g/mol. The van der Waals surface area contributed by atoms with Crippen LogP contribution in [-0.4, -0.2) is 24.7 Å². The molecule has 0 spiro atoms. The van der Waals surface area contributed by atoms with E-state index in [9.17, 15) is 0 Å². The van der Waals surface area contributed by atoms with Gasteiger partial charge in [-0.25, -0.2) is 4.98 Å². The van der Waals surface area contributed by atoms with Crippen molar-refractivity contribution in [2.24, 2.45) is 7.05 Å². The molecule has 3 aromatic heterocycles. The van der Waals surface area contributed by atoms with Crippen molar-refractivity contribution < 1.29 is 0 Å². The molecule has 3 aromatic rings. The third-order valence-electron chi connectivity index (χ3n) is 3.47. The van der Waals surface area contributed by atoms with Crippen LogP contribution in [-0.2, 0) is 19.9 Å². The fourth-order valence-corrected chi connectivity index (χ4v) is 2.34. The monoisotopic (exact) mass is 255 g/mol. The summed E-state index contributed by atoms with van der Waals surface area (Å²) in [6.45, 7) is 4.15. The first kappa shape index (κ1) is 11.9. The number of hydrogen-bond donors (Lipinski definition) is 1. The maximum Gasteiger partial charge on any atom is 0.137 e. The van der Waals surface area contributed by atoms with Gasteiger partial charge in [0.15, 0.2) is 0 Å². The molecule has 0 aliphatic carbocycles. The predicted molar refractivity (Wildman–Crippen MR) is 74.0 cm³/mol. The molecule has 3 rings (SSSR count). The fourth-order valence-electron chi connectivity index (χ4n) is 2.34. The van der Waals surface area contributed by atoms with E-state index in [1.165, 1.54) is 16.5 Å². The zero-order valence-corrected chi connectivity index (χ0v) is 11.4. The van der Waals surface area contributed by atoms with Gasteiger partial charge in [-0.05, 0) is 24.1 Å². The Morgan fingerprint density at radius 2 is 2.05 bits per heavy atom. The standard InChI is InChI=1S/C14H17N5/c1-4-12-17-18-13(19(12)3)6-10-8-16-14-11(10)5-9(2)7-15-14/h5,7-8H,4,6H2,1-3H3,(H,15,16). The van der Waals surface area contributed by atoms with Crippen molar-refractivity contribution in [3.05, 3.63) is 41.2 Å². The molecule has 19 heavy (non-hydrogen) atoms. The summed E-state index contributed by atoms with van der Waals surface area (Å²) >= 11 is 0. The number of hydrogen-bond acceptors (Lipinski definition) is 3. The van der Waals surface area contributed by atoms with Crippen molar-refractivity contribution in [3.8, 4) is 0 Å². The summed E-state index contributed by atoms with van der Waals surface area (Å²) < 4.78 is 2.07. The van der Waals surface area contributed by atoms with Crippen LogP contribution in [0.15, 0.2) is 18.5 Å². The second-order valence-electron chi connectivity index (χ2n) is 4.84. The maximum atomic E-state index is 4.39. The van der Waals surface area contributed by atoms with E-state index in [1.54, 1.807) is 0 Å². The van der Waals surface area contributed by atoms with Gasteiger partial charge in [0, 0.05) is 37.7 Å². The highest BCUT2D eigenvalue weighted by Gasteiger charge is 2.11. The quantitative estimate of drug-likeness (QED) is 0.780. The van der Waals surface area contributed by atoms with Crippen molar-refractivity contribution in [1.82, 2.24) is 24.7 Å². The van der Waals surface area contributed by atoms with E-state index in [4.69, 9.17) is 0 Å². The number of rotatable bonds is 3. The van der Waals surface area contributed by atoms with Gasteiger partial charge in [-0.3, -0.25) is 0 Å². The third-order valence-corrected chi connectivity index (χ3v) is 3.47. The van der Waals surface area contributed by atoms with Crippen LogP contribution < -0.4 is 0 Å². The summed E-state index contributed by atoms with van der Waals surface area (Å²) in [6, 6.07) is 2.16. The molecule has 0 atom stereocenters. The summed E-state index contributed by atoms with van der Waals surface area (Å²) in [5.74, 6) is 2.00. The summed E-state index contributed by atoms with van der Waals surface area (Å²) in [5, 5.41) is 9.64. The molecule has 3 heterocycles. The van der Waals surface area contributed by atoms with Crippen LogP contribution in [0.5, 0.6) is 0 Å². The number of fused-ring (bicyclic) bond motifs is 1. The Balaban J connectivity index is 2.01. The van der Waals surface area contributed by atoms with E-state index in [0.717, 1.165) is 30.1 Å². The van der Waals surface area contributed by atoms with Crippen molar-refractivity contribution in [1.29, 1.82) is 0 Å². The second kappa shape index (κ2) is 4.50. The van der Waals surface area contributed by atoms with Gasteiger partial charge in [0.1, 0.15) is 17.3 Å². The highest BCUT2D eigenvalue weighted by molar-refractivity contribution is 5.80. The molecule has 98 valence electrons.